The molecule has 2 heterocycles. The molecule has 8 nitrogen and oxygen atoms in total. The standard InChI is InChI=1S/C11H14N2O6/c1-6-8(17)11(4-14,5-15)19-9(6)13-3-2-7(16)12-10(13)18/h2-4,6,8-9,15,17H,5H2,1H3,(H,12,16,18). The number of hydrogen-bond donors (Lipinski definition) is 3. The third-order valence-electron chi connectivity index (χ3n) is 3.36. The molecule has 0 radical (unpaired) electrons. The molecule has 4 unspecified atom stereocenters. The molecule has 0 bridgehead atoms. The molecule has 8 heteroatoms. The van der Waals surface area contributed by atoms with Crippen molar-refractivity contribution in [3.05, 3.63) is 33.1 Å². The van der Waals surface area contributed by atoms with Crippen LogP contribution in [0, 0.1) is 5.92 Å². The number of aliphatic hydroxyl groups is 2. The summed E-state index contributed by atoms with van der Waals surface area (Å²) in [5, 5.41) is 19.2. The fraction of sp³-hybridized carbons (Fsp3) is 0.545. The van der Waals surface area contributed by atoms with Gasteiger partial charge in [-0.05, 0) is 0 Å². The highest BCUT2D eigenvalue weighted by Gasteiger charge is 2.53. The van der Waals surface area contributed by atoms with Crippen LogP contribution < -0.4 is 11.2 Å². The third kappa shape index (κ3) is 2.03. The first kappa shape index (κ1) is 13.7. The highest BCUT2D eigenvalue weighted by Crippen LogP contribution is 2.39. The molecule has 1 fully saturated rings. The molecule has 0 saturated carbocycles. The van der Waals surface area contributed by atoms with Crippen LogP contribution in [0.2, 0.25) is 0 Å². The number of ether oxygens (including phenoxy) is 1. The number of nitrogens with zero attached hydrogens (tertiary/aromatic N) is 1. The van der Waals surface area contributed by atoms with Gasteiger partial charge in [-0.2, -0.15) is 0 Å². The quantitative estimate of drug-likeness (QED) is 0.546. The van der Waals surface area contributed by atoms with Crippen LogP contribution in [0.4, 0.5) is 0 Å². The van der Waals surface area contributed by atoms with Crippen molar-refractivity contribution in [1.29, 1.82) is 0 Å². The molecule has 1 saturated heterocycles. The highest BCUT2D eigenvalue weighted by molar-refractivity contribution is 5.64. The molecule has 1 aliphatic rings. The van der Waals surface area contributed by atoms with Crippen LogP contribution in [0.1, 0.15) is 13.2 Å². The van der Waals surface area contributed by atoms with E-state index in [2.05, 4.69) is 4.98 Å². The topological polar surface area (TPSA) is 122 Å². The van der Waals surface area contributed by atoms with Crippen molar-refractivity contribution in [3.63, 3.8) is 0 Å². The first-order valence-electron chi connectivity index (χ1n) is 5.70. The van der Waals surface area contributed by atoms with E-state index in [0.717, 1.165) is 10.6 Å². The van der Waals surface area contributed by atoms with Crippen molar-refractivity contribution in [2.75, 3.05) is 6.61 Å². The molecule has 2 rings (SSSR count). The van der Waals surface area contributed by atoms with E-state index in [-0.39, 0.29) is 0 Å². The second kappa shape index (κ2) is 4.72. The molecular weight excluding hydrogens is 256 g/mol. The summed E-state index contributed by atoms with van der Waals surface area (Å²) >= 11 is 0. The molecule has 1 aliphatic heterocycles. The van der Waals surface area contributed by atoms with E-state index in [1.807, 2.05) is 0 Å². The van der Waals surface area contributed by atoms with Crippen molar-refractivity contribution in [3.8, 4) is 0 Å². The van der Waals surface area contributed by atoms with Crippen molar-refractivity contribution in [2.24, 2.45) is 5.92 Å². The molecular formula is C11H14N2O6. The van der Waals surface area contributed by atoms with Gasteiger partial charge in [-0.15, -0.1) is 0 Å². The lowest BCUT2D eigenvalue weighted by molar-refractivity contribution is -0.151. The number of H-pyrrole nitrogens is 1. The monoisotopic (exact) mass is 270 g/mol. The van der Waals surface area contributed by atoms with Crippen LogP contribution >= 0.6 is 0 Å². The third-order valence-corrected chi connectivity index (χ3v) is 3.36. The van der Waals surface area contributed by atoms with E-state index in [9.17, 15) is 24.6 Å². The summed E-state index contributed by atoms with van der Waals surface area (Å²) in [5.41, 5.74) is -3.02. The zero-order valence-corrected chi connectivity index (χ0v) is 10.1. The predicted molar refractivity (Wildman–Crippen MR) is 62.5 cm³/mol. The van der Waals surface area contributed by atoms with Crippen molar-refractivity contribution < 1.29 is 19.7 Å². The molecule has 3 N–H and O–H groups in total. The zero-order chi connectivity index (χ0) is 14.2. The van der Waals surface area contributed by atoms with E-state index in [1.54, 1.807) is 6.92 Å². The Morgan fingerprint density at radius 3 is 2.74 bits per heavy atom. The van der Waals surface area contributed by atoms with Gasteiger partial charge in [0.05, 0.1) is 12.7 Å². The summed E-state index contributed by atoms with van der Waals surface area (Å²) in [6.07, 6.45) is -0.659. The predicted octanol–water partition coefficient (Wildman–Crippen LogP) is -2.01. The number of carbonyl (C=O) groups is 1. The second-order valence-electron chi connectivity index (χ2n) is 4.56. The first-order valence-corrected chi connectivity index (χ1v) is 5.70. The molecule has 0 spiro atoms. The van der Waals surface area contributed by atoms with Gasteiger partial charge in [0.15, 0.2) is 11.9 Å². The maximum absolute atomic E-state index is 11.7. The average molecular weight is 270 g/mol. The van der Waals surface area contributed by atoms with Gasteiger partial charge in [-0.3, -0.25) is 19.1 Å². The highest BCUT2D eigenvalue weighted by atomic mass is 16.6. The van der Waals surface area contributed by atoms with E-state index < -0.39 is 41.7 Å². The van der Waals surface area contributed by atoms with Crippen molar-refractivity contribution in [2.45, 2.75) is 24.9 Å². The molecule has 1 aromatic rings. The fourth-order valence-electron chi connectivity index (χ4n) is 2.21. The minimum atomic E-state index is -1.75. The van der Waals surface area contributed by atoms with Crippen LogP contribution in [0.5, 0.6) is 0 Å². The number of carbonyl (C=O) groups excluding carboxylic acids is 1. The molecule has 0 aromatic carbocycles. The average Bonchev–Trinajstić information content (AvgIpc) is 2.64. The zero-order valence-electron chi connectivity index (χ0n) is 10.1. The van der Waals surface area contributed by atoms with Crippen molar-refractivity contribution in [1.82, 2.24) is 9.55 Å². The van der Waals surface area contributed by atoms with Crippen molar-refractivity contribution >= 4 is 6.29 Å². The lowest BCUT2D eigenvalue weighted by Crippen LogP contribution is -2.46. The van der Waals surface area contributed by atoms with Gasteiger partial charge in [0.1, 0.15) is 6.23 Å². The Labute approximate surface area is 107 Å². The Bertz CT molecular complexity index is 593. The van der Waals surface area contributed by atoms with Gasteiger partial charge < -0.3 is 14.9 Å². The maximum Gasteiger partial charge on any atom is 0.330 e. The molecule has 0 aliphatic carbocycles. The normalized spacial score (nSPS) is 34.4. The van der Waals surface area contributed by atoms with Crippen LogP contribution in [0.25, 0.3) is 0 Å². The Kier molecular flexibility index (Phi) is 3.40. The molecule has 0 amide bonds. The van der Waals surface area contributed by atoms with Gasteiger partial charge in [0, 0.05) is 18.2 Å². The van der Waals surface area contributed by atoms with Gasteiger partial charge in [0.2, 0.25) is 0 Å². The van der Waals surface area contributed by atoms with Crippen LogP contribution in [-0.4, -0.2) is 44.4 Å². The minimum Gasteiger partial charge on any atom is -0.393 e. The lowest BCUT2D eigenvalue weighted by atomic mass is 9.92. The molecule has 4 atom stereocenters. The van der Waals surface area contributed by atoms with E-state index >= 15 is 0 Å². The number of aldehydes is 1. The van der Waals surface area contributed by atoms with Crippen LogP contribution in [-0.2, 0) is 9.53 Å². The number of aromatic nitrogens is 2. The lowest BCUT2D eigenvalue weighted by Gasteiger charge is -2.23. The first-order chi connectivity index (χ1) is 8.95. The summed E-state index contributed by atoms with van der Waals surface area (Å²) in [6, 6.07) is 1.13. The molecule has 1 aromatic heterocycles. The SMILES string of the molecule is CC1C(n2ccc(=O)[nH]c2=O)OC(C=O)(CO)C1O. The smallest absolute Gasteiger partial charge is 0.330 e. The largest absolute Gasteiger partial charge is 0.393 e. The second-order valence-corrected chi connectivity index (χ2v) is 4.56. The fourth-order valence-corrected chi connectivity index (χ4v) is 2.21. The van der Waals surface area contributed by atoms with Gasteiger partial charge in [0.25, 0.3) is 5.56 Å². The number of aliphatic hydroxyl groups excluding tert-OH is 2. The Balaban J connectivity index is 2.45. The number of nitrogens with one attached hydrogen (secondary N) is 1. The Morgan fingerprint density at radius 2 is 2.26 bits per heavy atom. The Hall–Kier alpha value is -1.77. The van der Waals surface area contributed by atoms with Crippen LogP contribution in [0.3, 0.4) is 0 Å². The van der Waals surface area contributed by atoms with Gasteiger partial charge >= 0.3 is 5.69 Å². The van der Waals surface area contributed by atoms with Gasteiger partial charge in [-0.25, -0.2) is 4.79 Å². The molecule has 104 valence electrons. The summed E-state index contributed by atoms with van der Waals surface area (Å²) < 4.78 is 6.42. The van der Waals surface area contributed by atoms with Crippen LogP contribution in [0.15, 0.2) is 21.9 Å². The van der Waals surface area contributed by atoms with Gasteiger partial charge in [-0.1, -0.05) is 6.92 Å². The number of hydrogen-bond acceptors (Lipinski definition) is 6. The minimum absolute atomic E-state index is 0.324. The summed E-state index contributed by atoms with van der Waals surface area (Å²) in [5.74, 6) is -0.610. The Morgan fingerprint density at radius 1 is 1.58 bits per heavy atom. The van der Waals surface area contributed by atoms with E-state index in [0.29, 0.717) is 6.29 Å². The summed E-state index contributed by atoms with van der Waals surface area (Å²) in [6.45, 7) is 0.879. The molecule has 19 heavy (non-hydrogen) atoms. The number of rotatable bonds is 3. The van der Waals surface area contributed by atoms with E-state index in [1.165, 1.54) is 6.20 Å². The summed E-state index contributed by atoms with van der Waals surface area (Å²) in [4.78, 5) is 35.7. The summed E-state index contributed by atoms with van der Waals surface area (Å²) in [7, 11) is 0. The number of aromatic amines is 1. The maximum atomic E-state index is 11.7. The van der Waals surface area contributed by atoms with E-state index in [4.69, 9.17) is 4.74 Å².